The Labute approximate surface area is 137 Å². The molecule has 0 saturated heterocycles. The van der Waals surface area contributed by atoms with E-state index in [0.29, 0.717) is 35.2 Å². The van der Waals surface area contributed by atoms with Gasteiger partial charge < -0.3 is 9.47 Å². The Morgan fingerprint density at radius 2 is 1.81 bits per heavy atom. The summed E-state index contributed by atoms with van der Waals surface area (Å²) in [6, 6.07) is 7.18. The maximum Gasteiger partial charge on any atom is 0.203 e. The molecule has 21 heavy (non-hydrogen) atoms. The van der Waals surface area contributed by atoms with Gasteiger partial charge in [-0.3, -0.25) is 4.79 Å². The maximum absolute atomic E-state index is 12.5. The molecular weight excluding hydrogens is 352 g/mol. The molecule has 0 amide bonds. The van der Waals surface area contributed by atoms with Gasteiger partial charge in [-0.1, -0.05) is 0 Å². The molecule has 0 aliphatic carbocycles. The Morgan fingerprint density at radius 3 is 2.38 bits per heavy atom. The van der Waals surface area contributed by atoms with Crippen LogP contribution in [0.25, 0.3) is 0 Å². The van der Waals surface area contributed by atoms with Crippen LogP contribution in [0.1, 0.15) is 34.0 Å². The highest BCUT2D eigenvalue weighted by Crippen LogP contribution is 2.32. The average molecular weight is 369 g/mol. The van der Waals surface area contributed by atoms with Crippen LogP contribution in [0.3, 0.4) is 0 Å². The number of carbonyl (C=O) groups is 1. The van der Waals surface area contributed by atoms with Crippen molar-refractivity contribution in [2.24, 2.45) is 0 Å². The van der Waals surface area contributed by atoms with Crippen LogP contribution in [0.4, 0.5) is 0 Å². The predicted octanol–water partition coefficient (Wildman–Crippen LogP) is 4.85. The number of carbonyl (C=O) groups excluding carboxylic acids is 1. The number of hydrogen-bond acceptors (Lipinski definition) is 4. The van der Waals surface area contributed by atoms with Crippen LogP contribution in [-0.2, 0) is 0 Å². The third kappa shape index (κ3) is 3.66. The molecule has 5 heteroatoms. The number of ether oxygens (including phenoxy) is 2. The Balaban J connectivity index is 2.35. The molecule has 0 radical (unpaired) electrons. The Bertz CT molecular complexity index is 629. The maximum atomic E-state index is 12.5. The van der Waals surface area contributed by atoms with Crippen LogP contribution in [0.5, 0.6) is 11.5 Å². The van der Waals surface area contributed by atoms with E-state index in [-0.39, 0.29) is 5.78 Å². The van der Waals surface area contributed by atoms with Crippen molar-refractivity contribution in [3.63, 3.8) is 0 Å². The Kier molecular flexibility index (Phi) is 5.42. The summed E-state index contributed by atoms with van der Waals surface area (Å²) in [5.74, 6) is 1.27. The lowest BCUT2D eigenvalue weighted by atomic mass is 10.1. The first-order chi connectivity index (χ1) is 10.1. The monoisotopic (exact) mass is 368 g/mol. The average Bonchev–Trinajstić information content (AvgIpc) is 2.80. The molecule has 2 rings (SSSR count). The van der Waals surface area contributed by atoms with Crippen molar-refractivity contribution in [2.75, 3.05) is 13.2 Å². The van der Waals surface area contributed by atoms with Gasteiger partial charge in [0.15, 0.2) is 11.5 Å². The van der Waals surface area contributed by atoms with Crippen molar-refractivity contribution < 1.29 is 14.3 Å². The molecule has 0 aliphatic rings. The van der Waals surface area contributed by atoms with Crippen LogP contribution >= 0.6 is 27.3 Å². The van der Waals surface area contributed by atoms with Crippen LogP contribution in [0.15, 0.2) is 28.7 Å². The van der Waals surface area contributed by atoms with E-state index in [1.807, 2.05) is 26.8 Å². The zero-order valence-electron chi connectivity index (χ0n) is 12.2. The number of hydrogen-bond donors (Lipinski definition) is 0. The summed E-state index contributed by atoms with van der Waals surface area (Å²) in [6.07, 6.45) is 0. The third-order valence-electron chi connectivity index (χ3n) is 2.89. The molecule has 0 fully saturated rings. The number of rotatable bonds is 6. The van der Waals surface area contributed by atoms with Crippen molar-refractivity contribution in [1.82, 2.24) is 0 Å². The molecule has 112 valence electrons. The van der Waals surface area contributed by atoms with Gasteiger partial charge in [-0.15, -0.1) is 11.3 Å². The fourth-order valence-electron chi connectivity index (χ4n) is 1.91. The Hall–Kier alpha value is -1.33. The van der Waals surface area contributed by atoms with E-state index in [9.17, 15) is 4.79 Å². The smallest absolute Gasteiger partial charge is 0.203 e. The molecule has 0 atom stereocenters. The van der Waals surface area contributed by atoms with Crippen molar-refractivity contribution in [2.45, 2.75) is 20.8 Å². The van der Waals surface area contributed by atoms with Crippen LogP contribution < -0.4 is 9.47 Å². The minimum Gasteiger partial charge on any atom is -0.490 e. The molecule has 1 aromatic carbocycles. The van der Waals surface area contributed by atoms with Crippen molar-refractivity contribution >= 4 is 33.0 Å². The van der Waals surface area contributed by atoms with Gasteiger partial charge in [-0.05, 0) is 61.0 Å². The van der Waals surface area contributed by atoms with Crippen LogP contribution in [-0.4, -0.2) is 19.0 Å². The van der Waals surface area contributed by atoms with Gasteiger partial charge in [-0.25, -0.2) is 0 Å². The van der Waals surface area contributed by atoms with E-state index in [2.05, 4.69) is 15.9 Å². The van der Waals surface area contributed by atoms with Gasteiger partial charge in [-0.2, -0.15) is 0 Å². The van der Waals surface area contributed by atoms with Crippen molar-refractivity contribution in [1.29, 1.82) is 0 Å². The van der Waals surface area contributed by atoms with E-state index in [1.165, 1.54) is 11.3 Å². The minimum atomic E-state index is -0.00204. The molecule has 3 nitrogen and oxygen atoms in total. The van der Waals surface area contributed by atoms with Crippen LogP contribution in [0, 0.1) is 6.92 Å². The molecule has 0 bridgehead atoms. The first-order valence-corrected chi connectivity index (χ1v) is 8.38. The third-order valence-corrected chi connectivity index (χ3v) is 5.02. The number of halogens is 1. The highest BCUT2D eigenvalue weighted by atomic mass is 79.9. The van der Waals surface area contributed by atoms with Crippen LogP contribution in [0.2, 0.25) is 0 Å². The molecule has 1 aromatic heterocycles. The molecule has 0 unspecified atom stereocenters. The molecule has 2 aromatic rings. The molecule has 0 spiro atoms. The standard InChI is InChI=1S/C16H17BrO3S/c1-4-19-13-7-6-11(8-14(13)20-5-2)16(18)15-9-12(17)10(3)21-15/h6-9H,4-5H2,1-3H3. The summed E-state index contributed by atoms with van der Waals surface area (Å²) >= 11 is 4.92. The SMILES string of the molecule is CCOc1ccc(C(=O)c2cc(Br)c(C)s2)cc1OCC. The quantitative estimate of drug-likeness (QED) is 0.683. The first kappa shape index (κ1) is 16.0. The molecule has 0 aliphatic heterocycles. The van der Waals surface area contributed by atoms with Gasteiger partial charge in [0.1, 0.15) is 0 Å². The summed E-state index contributed by atoms with van der Waals surface area (Å²) in [6.45, 7) is 6.89. The minimum absolute atomic E-state index is 0.00204. The predicted molar refractivity (Wildman–Crippen MR) is 89.0 cm³/mol. The zero-order valence-corrected chi connectivity index (χ0v) is 14.6. The number of benzene rings is 1. The lowest BCUT2D eigenvalue weighted by Gasteiger charge is -2.11. The second-order valence-corrected chi connectivity index (χ2v) is 6.48. The van der Waals surface area contributed by atoms with E-state index in [1.54, 1.807) is 18.2 Å². The summed E-state index contributed by atoms with van der Waals surface area (Å²) in [5, 5.41) is 0. The van der Waals surface area contributed by atoms with Gasteiger partial charge in [0.05, 0.1) is 18.1 Å². The van der Waals surface area contributed by atoms with E-state index in [0.717, 1.165) is 9.35 Å². The normalized spacial score (nSPS) is 10.5. The zero-order chi connectivity index (χ0) is 15.4. The largest absolute Gasteiger partial charge is 0.490 e. The van der Waals surface area contributed by atoms with Crippen molar-refractivity contribution in [3.05, 3.63) is 44.1 Å². The fourth-order valence-corrected chi connectivity index (χ4v) is 3.40. The summed E-state index contributed by atoms with van der Waals surface area (Å²) in [7, 11) is 0. The van der Waals surface area contributed by atoms with E-state index in [4.69, 9.17) is 9.47 Å². The van der Waals surface area contributed by atoms with Gasteiger partial charge in [0.2, 0.25) is 5.78 Å². The Morgan fingerprint density at radius 1 is 1.14 bits per heavy atom. The summed E-state index contributed by atoms with van der Waals surface area (Å²) in [4.78, 5) is 14.3. The number of aryl methyl sites for hydroxylation is 1. The van der Waals surface area contributed by atoms with Gasteiger partial charge >= 0.3 is 0 Å². The topological polar surface area (TPSA) is 35.5 Å². The summed E-state index contributed by atoms with van der Waals surface area (Å²) < 4.78 is 12.0. The van der Waals surface area contributed by atoms with E-state index < -0.39 is 0 Å². The molecule has 1 heterocycles. The van der Waals surface area contributed by atoms with Gasteiger partial charge in [0.25, 0.3) is 0 Å². The molecular formula is C16H17BrO3S. The van der Waals surface area contributed by atoms with E-state index >= 15 is 0 Å². The second kappa shape index (κ2) is 7.09. The highest BCUT2D eigenvalue weighted by Gasteiger charge is 2.16. The lowest BCUT2D eigenvalue weighted by Crippen LogP contribution is -2.03. The summed E-state index contributed by atoms with van der Waals surface area (Å²) in [5.41, 5.74) is 0.607. The van der Waals surface area contributed by atoms with Crippen molar-refractivity contribution in [3.8, 4) is 11.5 Å². The highest BCUT2D eigenvalue weighted by molar-refractivity contribution is 9.10. The van der Waals surface area contributed by atoms with Gasteiger partial charge in [0, 0.05) is 14.9 Å². The molecule has 0 N–H and O–H groups in total. The second-order valence-electron chi connectivity index (χ2n) is 4.37. The number of thiophene rings is 1. The molecule has 0 saturated carbocycles. The first-order valence-electron chi connectivity index (χ1n) is 6.77. The number of ketones is 1. The lowest BCUT2D eigenvalue weighted by molar-refractivity contribution is 0.104. The fraction of sp³-hybridized carbons (Fsp3) is 0.312.